The molecule has 2 heteroatoms. The van der Waals surface area contributed by atoms with Gasteiger partial charge in [-0.05, 0) is 19.8 Å². The van der Waals surface area contributed by atoms with Gasteiger partial charge in [-0.1, -0.05) is 71.6 Å². The Morgan fingerprint density at radius 2 is 1.00 bits per heavy atom. The summed E-state index contributed by atoms with van der Waals surface area (Å²) in [5.41, 5.74) is 0. The first-order valence-corrected chi connectivity index (χ1v) is 9.49. The number of nitrogens with zero attached hydrogens (tertiary/aromatic N) is 2. The van der Waals surface area contributed by atoms with Crippen molar-refractivity contribution in [2.75, 3.05) is 13.1 Å². The summed E-state index contributed by atoms with van der Waals surface area (Å²) in [5, 5.41) is 0. The maximum absolute atomic E-state index is 2.52. The van der Waals surface area contributed by atoms with E-state index in [0.29, 0.717) is 6.17 Å². The summed E-state index contributed by atoms with van der Waals surface area (Å²) in [6.07, 6.45) is 20.4. The molecule has 0 N–H and O–H groups in total. The van der Waals surface area contributed by atoms with Gasteiger partial charge in [-0.2, -0.15) is 0 Å². The number of unbranched alkanes of at least 4 members (excludes halogenated alkanes) is 9. The molecule has 1 unspecified atom stereocenters. The summed E-state index contributed by atoms with van der Waals surface area (Å²) in [7, 11) is 0. The summed E-state index contributed by atoms with van der Waals surface area (Å²) >= 11 is 0. The minimum absolute atomic E-state index is 0.576. The van der Waals surface area contributed by atoms with Gasteiger partial charge in [0.25, 0.3) is 0 Å². The van der Waals surface area contributed by atoms with Crippen molar-refractivity contribution < 1.29 is 0 Å². The van der Waals surface area contributed by atoms with Crippen LogP contribution in [0.5, 0.6) is 0 Å². The third-order valence-corrected chi connectivity index (χ3v) is 4.70. The lowest BCUT2D eigenvalue weighted by molar-refractivity contribution is 0.165. The minimum atomic E-state index is 0.576. The lowest BCUT2D eigenvalue weighted by Gasteiger charge is -2.29. The normalized spacial score (nSPS) is 18.0. The summed E-state index contributed by atoms with van der Waals surface area (Å²) in [6.45, 7) is 9.38. The molecule has 0 radical (unpaired) electrons. The van der Waals surface area contributed by atoms with Crippen molar-refractivity contribution in [1.82, 2.24) is 9.80 Å². The quantitative estimate of drug-likeness (QED) is 0.399. The van der Waals surface area contributed by atoms with Crippen LogP contribution in [0, 0.1) is 0 Å². The molecule has 1 atom stereocenters. The Morgan fingerprint density at radius 1 is 0.619 bits per heavy atom. The Bertz CT molecular complexity index is 262. The third-order valence-electron chi connectivity index (χ3n) is 4.70. The number of rotatable bonds is 13. The van der Waals surface area contributed by atoms with Crippen LogP contribution in [-0.4, -0.2) is 29.1 Å². The van der Waals surface area contributed by atoms with Crippen LogP contribution in [0.25, 0.3) is 0 Å². The van der Waals surface area contributed by atoms with E-state index in [-0.39, 0.29) is 0 Å². The molecule has 0 saturated carbocycles. The second kappa shape index (κ2) is 11.9. The minimum Gasteiger partial charge on any atom is -0.356 e. The fraction of sp³-hybridized carbons (Fsp3) is 0.895. The van der Waals surface area contributed by atoms with Crippen LogP contribution >= 0.6 is 0 Å². The van der Waals surface area contributed by atoms with Crippen LogP contribution in [-0.2, 0) is 0 Å². The second-order valence-corrected chi connectivity index (χ2v) is 6.59. The molecule has 1 heterocycles. The van der Waals surface area contributed by atoms with E-state index in [1.165, 1.54) is 83.7 Å². The molecule has 0 aromatic carbocycles. The summed E-state index contributed by atoms with van der Waals surface area (Å²) < 4.78 is 0. The van der Waals surface area contributed by atoms with E-state index in [0.717, 1.165) is 0 Å². The van der Waals surface area contributed by atoms with E-state index in [4.69, 9.17) is 0 Å². The Hall–Kier alpha value is -0.660. The average Bonchev–Trinajstić information content (AvgIpc) is 2.84. The fourth-order valence-electron chi connectivity index (χ4n) is 3.11. The maximum atomic E-state index is 2.52. The van der Waals surface area contributed by atoms with Crippen LogP contribution in [0.3, 0.4) is 0 Å². The zero-order valence-corrected chi connectivity index (χ0v) is 14.8. The molecule has 0 aliphatic carbocycles. The van der Waals surface area contributed by atoms with Crippen molar-refractivity contribution >= 4 is 0 Å². The molecule has 2 nitrogen and oxygen atoms in total. The first kappa shape index (κ1) is 18.4. The monoisotopic (exact) mass is 294 g/mol. The smallest absolute Gasteiger partial charge is 0.0977 e. The molecule has 0 aromatic heterocycles. The van der Waals surface area contributed by atoms with Crippen molar-refractivity contribution in [2.24, 2.45) is 0 Å². The summed E-state index contributed by atoms with van der Waals surface area (Å²) in [5.74, 6) is 0. The second-order valence-electron chi connectivity index (χ2n) is 6.59. The molecule has 124 valence electrons. The molecular formula is C19H38N2. The highest BCUT2D eigenvalue weighted by atomic mass is 15.4. The molecule has 1 rings (SSSR count). The van der Waals surface area contributed by atoms with E-state index < -0.39 is 0 Å². The highest BCUT2D eigenvalue weighted by Gasteiger charge is 2.20. The zero-order chi connectivity index (χ0) is 15.3. The first-order valence-electron chi connectivity index (χ1n) is 9.49. The predicted molar refractivity (Wildman–Crippen MR) is 94.1 cm³/mol. The van der Waals surface area contributed by atoms with Crippen molar-refractivity contribution in [2.45, 2.75) is 97.6 Å². The molecule has 0 spiro atoms. The van der Waals surface area contributed by atoms with Crippen molar-refractivity contribution in [3.05, 3.63) is 12.4 Å². The van der Waals surface area contributed by atoms with Gasteiger partial charge in [0.2, 0.25) is 0 Å². The van der Waals surface area contributed by atoms with E-state index in [9.17, 15) is 0 Å². The maximum Gasteiger partial charge on any atom is 0.0977 e. The van der Waals surface area contributed by atoms with Crippen molar-refractivity contribution in [3.8, 4) is 0 Å². The van der Waals surface area contributed by atoms with Crippen LogP contribution in [0.2, 0.25) is 0 Å². The highest BCUT2D eigenvalue weighted by Crippen LogP contribution is 2.18. The Morgan fingerprint density at radius 3 is 1.48 bits per heavy atom. The standard InChI is InChI=1S/C19H38N2/c1-4-6-8-10-11-12-14-16-21-18-17-20(19(21)3)15-13-9-7-5-2/h17-19H,4-16H2,1-3H3. The van der Waals surface area contributed by atoms with Gasteiger partial charge in [0.1, 0.15) is 0 Å². The fourth-order valence-corrected chi connectivity index (χ4v) is 3.11. The molecule has 21 heavy (non-hydrogen) atoms. The van der Waals surface area contributed by atoms with Gasteiger partial charge in [0.05, 0.1) is 6.17 Å². The topological polar surface area (TPSA) is 6.48 Å². The molecule has 0 saturated heterocycles. The van der Waals surface area contributed by atoms with E-state index in [1.54, 1.807) is 0 Å². The van der Waals surface area contributed by atoms with Crippen LogP contribution in [0.1, 0.15) is 91.4 Å². The zero-order valence-electron chi connectivity index (χ0n) is 14.8. The summed E-state index contributed by atoms with van der Waals surface area (Å²) in [4.78, 5) is 5.03. The first-order chi connectivity index (χ1) is 10.3. The van der Waals surface area contributed by atoms with E-state index in [2.05, 4.69) is 43.0 Å². The Balaban J connectivity index is 2.02. The largest absolute Gasteiger partial charge is 0.356 e. The molecule has 1 aliphatic rings. The predicted octanol–water partition coefficient (Wildman–Crippen LogP) is 5.75. The molecule has 0 aromatic rings. The van der Waals surface area contributed by atoms with Crippen molar-refractivity contribution in [3.63, 3.8) is 0 Å². The van der Waals surface area contributed by atoms with Crippen LogP contribution < -0.4 is 0 Å². The van der Waals surface area contributed by atoms with Gasteiger partial charge in [-0.15, -0.1) is 0 Å². The Kier molecular flexibility index (Phi) is 10.5. The van der Waals surface area contributed by atoms with Crippen LogP contribution in [0.4, 0.5) is 0 Å². The lowest BCUT2D eigenvalue weighted by Crippen LogP contribution is -2.36. The molecule has 0 bridgehead atoms. The highest BCUT2D eigenvalue weighted by molar-refractivity contribution is 4.95. The average molecular weight is 295 g/mol. The van der Waals surface area contributed by atoms with Crippen LogP contribution in [0.15, 0.2) is 12.4 Å². The lowest BCUT2D eigenvalue weighted by atomic mass is 10.1. The Labute approximate surface area is 133 Å². The number of hydrogen-bond donors (Lipinski definition) is 0. The van der Waals surface area contributed by atoms with Gasteiger partial charge in [0.15, 0.2) is 0 Å². The SMILES string of the molecule is CCCCCCCCCN1C=CN(CCCCCC)C1C. The van der Waals surface area contributed by atoms with E-state index in [1.807, 2.05) is 0 Å². The van der Waals surface area contributed by atoms with Gasteiger partial charge in [-0.25, -0.2) is 0 Å². The summed E-state index contributed by atoms with van der Waals surface area (Å²) in [6, 6.07) is 0. The van der Waals surface area contributed by atoms with Gasteiger partial charge in [0, 0.05) is 25.5 Å². The van der Waals surface area contributed by atoms with Crippen molar-refractivity contribution in [1.29, 1.82) is 0 Å². The molecule has 1 aliphatic heterocycles. The molecular weight excluding hydrogens is 256 g/mol. The van der Waals surface area contributed by atoms with Gasteiger partial charge in [-0.3, -0.25) is 0 Å². The van der Waals surface area contributed by atoms with Gasteiger partial charge < -0.3 is 9.80 Å². The third kappa shape index (κ3) is 7.78. The number of hydrogen-bond acceptors (Lipinski definition) is 2. The van der Waals surface area contributed by atoms with Gasteiger partial charge >= 0.3 is 0 Å². The van der Waals surface area contributed by atoms with E-state index >= 15 is 0 Å². The molecule has 0 fully saturated rings. The molecule has 0 amide bonds.